The van der Waals surface area contributed by atoms with Gasteiger partial charge in [0.2, 0.25) is 5.91 Å². The number of nitrogens with one attached hydrogen (secondary N) is 1. The molecule has 2 rings (SSSR count). The molecule has 0 bridgehead atoms. The van der Waals surface area contributed by atoms with E-state index < -0.39 is 5.54 Å². The summed E-state index contributed by atoms with van der Waals surface area (Å²) in [6.45, 7) is 3.74. The normalized spacial score (nSPS) is 25.3. The van der Waals surface area contributed by atoms with Gasteiger partial charge in [-0.15, -0.1) is 0 Å². The van der Waals surface area contributed by atoms with E-state index in [0.717, 1.165) is 32.4 Å². The summed E-state index contributed by atoms with van der Waals surface area (Å²) in [4.78, 5) is 27.0. The zero-order valence-electron chi connectivity index (χ0n) is 13.1. The average Bonchev–Trinajstić information content (AvgIpc) is 2.51. The molecule has 0 radical (unpaired) electrons. The molecule has 1 aliphatic heterocycles. The maximum atomic E-state index is 12.5. The SMILES string of the molecule is CCOC(=O)C1(NC(=O)[C@@H]2CC=CCC2)CCN(C)CC1. The summed E-state index contributed by atoms with van der Waals surface area (Å²) < 4.78 is 5.22. The predicted molar refractivity (Wildman–Crippen MR) is 80.7 cm³/mol. The van der Waals surface area contributed by atoms with Gasteiger partial charge in [-0.25, -0.2) is 4.79 Å². The van der Waals surface area contributed by atoms with Crippen molar-refractivity contribution in [3.8, 4) is 0 Å². The van der Waals surface area contributed by atoms with Crippen LogP contribution < -0.4 is 5.32 Å². The Morgan fingerprint density at radius 1 is 1.33 bits per heavy atom. The van der Waals surface area contributed by atoms with E-state index in [2.05, 4.69) is 22.4 Å². The molecule has 21 heavy (non-hydrogen) atoms. The minimum absolute atomic E-state index is 0.00282. The Hall–Kier alpha value is -1.36. The number of ether oxygens (including phenoxy) is 1. The summed E-state index contributed by atoms with van der Waals surface area (Å²) >= 11 is 0. The first-order valence-corrected chi connectivity index (χ1v) is 7.90. The van der Waals surface area contributed by atoms with Gasteiger partial charge in [-0.2, -0.15) is 0 Å². The Morgan fingerprint density at radius 2 is 2.05 bits per heavy atom. The van der Waals surface area contributed by atoms with Crippen LogP contribution in [-0.4, -0.2) is 49.1 Å². The van der Waals surface area contributed by atoms with Gasteiger partial charge in [0, 0.05) is 19.0 Å². The zero-order chi connectivity index (χ0) is 15.3. The highest BCUT2D eigenvalue weighted by Gasteiger charge is 2.44. The largest absolute Gasteiger partial charge is 0.464 e. The number of carbonyl (C=O) groups excluding carboxylic acids is 2. The minimum Gasteiger partial charge on any atom is -0.464 e. The van der Waals surface area contributed by atoms with Gasteiger partial charge < -0.3 is 15.0 Å². The molecule has 1 aliphatic carbocycles. The fourth-order valence-electron chi connectivity index (χ4n) is 3.02. The Balaban J connectivity index is 2.06. The van der Waals surface area contributed by atoms with Crippen molar-refractivity contribution in [3.63, 3.8) is 0 Å². The van der Waals surface area contributed by atoms with Crippen LogP contribution in [0, 0.1) is 5.92 Å². The topological polar surface area (TPSA) is 58.6 Å². The van der Waals surface area contributed by atoms with Gasteiger partial charge in [0.1, 0.15) is 5.54 Å². The molecule has 0 aromatic rings. The Bertz CT molecular complexity index is 412. The second-order valence-corrected chi connectivity index (χ2v) is 6.08. The van der Waals surface area contributed by atoms with Crippen molar-refractivity contribution in [3.05, 3.63) is 12.2 Å². The number of carbonyl (C=O) groups is 2. The Morgan fingerprint density at radius 3 is 2.62 bits per heavy atom. The van der Waals surface area contributed by atoms with Crippen LogP contribution in [-0.2, 0) is 14.3 Å². The highest BCUT2D eigenvalue weighted by molar-refractivity contribution is 5.89. The van der Waals surface area contributed by atoms with E-state index in [1.165, 1.54) is 0 Å². The van der Waals surface area contributed by atoms with Gasteiger partial charge in [0.25, 0.3) is 0 Å². The highest BCUT2D eigenvalue weighted by atomic mass is 16.5. The molecule has 0 aromatic carbocycles. The van der Waals surface area contributed by atoms with Crippen LogP contribution in [0.5, 0.6) is 0 Å². The number of rotatable bonds is 4. The molecular weight excluding hydrogens is 268 g/mol. The number of hydrogen-bond acceptors (Lipinski definition) is 4. The monoisotopic (exact) mass is 294 g/mol. The molecule has 0 aromatic heterocycles. The smallest absolute Gasteiger partial charge is 0.331 e. The van der Waals surface area contributed by atoms with Gasteiger partial charge in [-0.05, 0) is 46.1 Å². The maximum absolute atomic E-state index is 12.5. The van der Waals surface area contributed by atoms with Gasteiger partial charge >= 0.3 is 5.97 Å². The molecule has 0 saturated carbocycles. The van der Waals surface area contributed by atoms with E-state index in [9.17, 15) is 9.59 Å². The van der Waals surface area contributed by atoms with E-state index >= 15 is 0 Å². The fraction of sp³-hybridized carbons (Fsp3) is 0.750. The minimum atomic E-state index is -0.833. The van der Waals surface area contributed by atoms with Gasteiger partial charge in [0.05, 0.1) is 6.61 Å². The lowest BCUT2D eigenvalue weighted by molar-refractivity contribution is -0.156. The summed E-state index contributed by atoms with van der Waals surface area (Å²) in [5.41, 5.74) is -0.833. The van der Waals surface area contributed by atoms with Crippen molar-refractivity contribution < 1.29 is 14.3 Å². The number of piperidine rings is 1. The highest BCUT2D eigenvalue weighted by Crippen LogP contribution is 2.26. The van der Waals surface area contributed by atoms with Crippen LogP contribution in [0.3, 0.4) is 0 Å². The molecule has 1 N–H and O–H groups in total. The third-order valence-corrected chi connectivity index (χ3v) is 4.51. The summed E-state index contributed by atoms with van der Waals surface area (Å²) in [5.74, 6) is -0.296. The summed E-state index contributed by atoms with van der Waals surface area (Å²) in [5, 5.41) is 3.03. The fourth-order valence-corrected chi connectivity index (χ4v) is 3.02. The van der Waals surface area contributed by atoms with E-state index in [4.69, 9.17) is 4.74 Å². The zero-order valence-corrected chi connectivity index (χ0v) is 13.1. The lowest BCUT2D eigenvalue weighted by atomic mass is 9.85. The Labute approximate surface area is 126 Å². The van der Waals surface area contributed by atoms with Gasteiger partial charge in [-0.1, -0.05) is 12.2 Å². The van der Waals surface area contributed by atoms with Crippen molar-refractivity contribution >= 4 is 11.9 Å². The third-order valence-electron chi connectivity index (χ3n) is 4.51. The molecule has 1 saturated heterocycles. The molecule has 5 heteroatoms. The summed E-state index contributed by atoms with van der Waals surface area (Å²) in [7, 11) is 2.03. The van der Waals surface area contributed by atoms with Crippen LogP contribution >= 0.6 is 0 Å². The lowest BCUT2D eigenvalue weighted by Crippen LogP contribution is -2.61. The summed E-state index contributed by atoms with van der Waals surface area (Å²) in [6, 6.07) is 0. The first-order chi connectivity index (χ1) is 10.1. The van der Waals surface area contributed by atoms with Crippen molar-refractivity contribution in [2.24, 2.45) is 5.92 Å². The van der Waals surface area contributed by atoms with Crippen LogP contribution in [0.4, 0.5) is 0 Å². The van der Waals surface area contributed by atoms with Crippen molar-refractivity contribution in [2.75, 3.05) is 26.7 Å². The van der Waals surface area contributed by atoms with Crippen LogP contribution in [0.2, 0.25) is 0 Å². The van der Waals surface area contributed by atoms with Gasteiger partial charge in [0.15, 0.2) is 0 Å². The van der Waals surface area contributed by atoms with E-state index in [1.54, 1.807) is 6.92 Å². The number of hydrogen-bond donors (Lipinski definition) is 1. The molecular formula is C16H26N2O3. The average molecular weight is 294 g/mol. The molecule has 1 amide bonds. The third kappa shape index (κ3) is 3.84. The van der Waals surface area contributed by atoms with E-state index in [-0.39, 0.29) is 17.8 Å². The number of esters is 1. The van der Waals surface area contributed by atoms with Crippen LogP contribution in [0.15, 0.2) is 12.2 Å². The molecule has 2 aliphatic rings. The van der Waals surface area contributed by atoms with Crippen molar-refractivity contribution in [1.29, 1.82) is 0 Å². The molecule has 1 atom stereocenters. The van der Waals surface area contributed by atoms with Crippen molar-refractivity contribution in [2.45, 2.75) is 44.6 Å². The number of nitrogens with zero attached hydrogens (tertiary/aromatic N) is 1. The van der Waals surface area contributed by atoms with Crippen LogP contribution in [0.1, 0.15) is 39.0 Å². The molecule has 118 valence electrons. The van der Waals surface area contributed by atoms with Crippen LogP contribution in [0.25, 0.3) is 0 Å². The molecule has 5 nitrogen and oxygen atoms in total. The molecule has 0 unspecified atom stereocenters. The second-order valence-electron chi connectivity index (χ2n) is 6.08. The van der Waals surface area contributed by atoms with E-state index in [0.29, 0.717) is 19.4 Å². The number of allylic oxidation sites excluding steroid dienone is 2. The second kappa shape index (κ2) is 7.07. The first kappa shape index (κ1) is 16.0. The standard InChI is InChI=1S/C16H26N2O3/c1-3-21-15(20)16(9-11-18(2)12-10-16)17-14(19)13-7-5-4-6-8-13/h4-5,13H,3,6-12H2,1-2H3,(H,17,19)/t13-/m1/s1. The lowest BCUT2D eigenvalue weighted by Gasteiger charge is -2.39. The van der Waals surface area contributed by atoms with Crippen molar-refractivity contribution in [1.82, 2.24) is 10.2 Å². The first-order valence-electron chi connectivity index (χ1n) is 7.90. The number of likely N-dealkylation sites (tertiary alicyclic amines) is 1. The molecule has 0 spiro atoms. The molecule has 1 fully saturated rings. The molecule has 1 heterocycles. The number of amides is 1. The predicted octanol–water partition coefficient (Wildman–Crippen LogP) is 1.49. The van der Waals surface area contributed by atoms with Gasteiger partial charge in [-0.3, -0.25) is 4.79 Å². The maximum Gasteiger partial charge on any atom is 0.331 e. The quantitative estimate of drug-likeness (QED) is 0.630. The Kier molecular flexibility index (Phi) is 5.39. The van der Waals surface area contributed by atoms with E-state index in [1.807, 2.05) is 7.05 Å². The summed E-state index contributed by atoms with van der Waals surface area (Å²) in [6.07, 6.45) is 7.98.